The summed E-state index contributed by atoms with van der Waals surface area (Å²) in [5.74, 6) is 0.785. The second-order valence-electron chi connectivity index (χ2n) is 8.75. The van der Waals surface area contributed by atoms with E-state index in [1.807, 2.05) is 30.3 Å². The molecule has 0 saturated heterocycles. The topological polar surface area (TPSA) is 55.4 Å². The van der Waals surface area contributed by atoms with Gasteiger partial charge in [0, 0.05) is 5.69 Å². The third-order valence-electron chi connectivity index (χ3n) is 6.32. The zero-order valence-electron chi connectivity index (χ0n) is 19.8. The molecule has 0 heterocycles. The Morgan fingerprint density at radius 1 is 0.743 bits per heavy atom. The molecule has 1 aliphatic carbocycles. The first kappa shape index (κ1) is 22.9. The van der Waals surface area contributed by atoms with Gasteiger partial charge in [-0.15, -0.1) is 0 Å². The highest BCUT2D eigenvalue weighted by Crippen LogP contribution is 2.42. The maximum absolute atomic E-state index is 12.0. The van der Waals surface area contributed by atoms with E-state index in [1.54, 1.807) is 13.2 Å². The van der Waals surface area contributed by atoms with Crippen LogP contribution >= 0.6 is 0 Å². The number of ether oxygens (including phenoxy) is 1. The summed E-state index contributed by atoms with van der Waals surface area (Å²) < 4.78 is 32.0. The van der Waals surface area contributed by atoms with Gasteiger partial charge in [0.25, 0.3) is 0 Å². The van der Waals surface area contributed by atoms with E-state index in [0.717, 1.165) is 40.9 Å². The molecule has 4 aromatic carbocycles. The molecule has 0 aliphatic heterocycles. The molecule has 0 amide bonds. The van der Waals surface area contributed by atoms with Gasteiger partial charge in [0.05, 0.1) is 13.4 Å². The van der Waals surface area contributed by atoms with E-state index in [1.165, 1.54) is 28.5 Å². The van der Waals surface area contributed by atoms with Gasteiger partial charge in [-0.1, -0.05) is 72.8 Å². The quantitative estimate of drug-likeness (QED) is 0.371. The molecule has 176 valence electrons. The SMILES string of the molecule is COc1ccc(C(=C2c3ccccc3CCc3ccccc32)c2cccc(NS(C)(=O)=O)c2)cc1. The van der Waals surface area contributed by atoms with Crippen molar-refractivity contribution >= 4 is 26.9 Å². The molecule has 0 fully saturated rings. The molecule has 5 heteroatoms. The summed E-state index contributed by atoms with van der Waals surface area (Å²) in [4.78, 5) is 0. The average Bonchev–Trinajstić information content (AvgIpc) is 3.01. The molecule has 0 bridgehead atoms. The molecule has 1 aliphatic rings. The lowest BCUT2D eigenvalue weighted by Gasteiger charge is -2.20. The van der Waals surface area contributed by atoms with Gasteiger partial charge in [-0.3, -0.25) is 4.72 Å². The Bertz CT molecular complexity index is 1470. The van der Waals surface area contributed by atoms with Crippen LogP contribution < -0.4 is 9.46 Å². The second kappa shape index (κ2) is 9.43. The Morgan fingerprint density at radius 2 is 1.34 bits per heavy atom. The number of hydrogen-bond acceptors (Lipinski definition) is 3. The Kier molecular flexibility index (Phi) is 6.18. The second-order valence-corrected chi connectivity index (χ2v) is 10.5. The first-order chi connectivity index (χ1) is 16.9. The van der Waals surface area contributed by atoms with E-state index in [-0.39, 0.29) is 0 Å². The van der Waals surface area contributed by atoms with E-state index < -0.39 is 10.0 Å². The number of benzene rings is 4. The normalized spacial score (nSPS) is 12.8. The molecule has 4 nitrogen and oxygen atoms in total. The summed E-state index contributed by atoms with van der Waals surface area (Å²) >= 11 is 0. The minimum Gasteiger partial charge on any atom is -0.497 e. The van der Waals surface area contributed by atoms with Gasteiger partial charge in [0.1, 0.15) is 5.75 Å². The largest absolute Gasteiger partial charge is 0.497 e. The molecule has 0 unspecified atom stereocenters. The molecular formula is C30H27NO3S. The van der Waals surface area contributed by atoms with Gasteiger partial charge in [-0.2, -0.15) is 0 Å². The standard InChI is InChI=1S/C30H27NO3S/c1-34-26-18-16-23(17-19-26)29(24-10-7-11-25(20-24)31-35(2,32)33)30-27-12-5-3-8-21(27)14-15-22-9-4-6-13-28(22)30/h3-13,16-20,31H,14-15H2,1-2H3. The van der Waals surface area contributed by atoms with Crippen LogP contribution in [-0.2, 0) is 22.9 Å². The van der Waals surface area contributed by atoms with Crippen LogP contribution in [-0.4, -0.2) is 21.8 Å². The molecule has 1 N–H and O–H groups in total. The van der Waals surface area contributed by atoms with Crippen LogP contribution in [0.4, 0.5) is 5.69 Å². The number of fused-ring (bicyclic) bond motifs is 2. The molecule has 4 aromatic rings. The van der Waals surface area contributed by atoms with E-state index in [9.17, 15) is 8.42 Å². The maximum atomic E-state index is 12.0. The van der Waals surface area contributed by atoms with Gasteiger partial charge in [0.2, 0.25) is 10.0 Å². The van der Waals surface area contributed by atoms with E-state index in [2.05, 4.69) is 65.4 Å². The van der Waals surface area contributed by atoms with Crippen molar-refractivity contribution < 1.29 is 13.2 Å². The van der Waals surface area contributed by atoms with Crippen molar-refractivity contribution in [1.29, 1.82) is 0 Å². The molecule has 0 saturated carbocycles. The van der Waals surface area contributed by atoms with Crippen LogP contribution in [0.2, 0.25) is 0 Å². The van der Waals surface area contributed by atoms with Crippen LogP contribution in [0, 0.1) is 0 Å². The van der Waals surface area contributed by atoms with E-state index in [4.69, 9.17) is 4.74 Å². The number of hydrogen-bond donors (Lipinski definition) is 1. The molecule has 0 spiro atoms. The number of rotatable bonds is 5. The Balaban J connectivity index is 1.86. The summed E-state index contributed by atoms with van der Waals surface area (Å²) in [6, 6.07) is 32.8. The molecule has 5 rings (SSSR count). The van der Waals surface area contributed by atoms with Gasteiger partial charge >= 0.3 is 0 Å². The van der Waals surface area contributed by atoms with Crippen LogP contribution in [0.1, 0.15) is 33.4 Å². The zero-order chi connectivity index (χ0) is 24.4. The molecule has 0 radical (unpaired) electrons. The summed E-state index contributed by atoms with van der Waals surface area (Å²) in [6.45, 7) is 0. The highest BCUT2D eigenvalue weighted by molar-refractivity contribution is 7.92. The minimum absolute atomic E-state index is 0.534. The number of methoxy groups -OCH3 is 1. The van der Waals surface area contributed by atoms with Crippen molar-refractivity contribution in [3.8, 4) is 5.75 Å². The predicted octanol–water partition coefficient (Wildman–Crippen LogP) is 6.17. The van der Waals surface area contributed by atoms with Gasteiger partial charge in [-0.25, -0.2) is 8.42 Å². The van der Waals surface area contributed by atoms with E-state index in [0.29, 0.717) is 5.69 Å². The van der Waals surface area contributed by atoms with Crippen LogP contribution in [0.25, 0.3) is 11.1 Å². The van der Waals surface area contributed by atoms with Crippen molar-refractivity contribution in [2.45, 2.75) is 12.8 Å². The summed E-state index contributed by atoms with van der Waals surface area (Å²) in [6.07, 6.45) is 3.09. The minimum atomic E-state index is -3.40. The molecule has 35 heavy (non-hydrogen) atoms. The van der Waals surface area contributed by atoms with Crippen molar-refractivity contribution in [2.24, 2.45) is 0 Å². The zero-order valence-corrected chi connectivity index (χ0v) is 20.6. The highest BCUT2D eigenvalue weighted by Gasteiger charge is 2.23. The fourth-order valence-corrected chi connectivity index (χ4v) is 5.37. The fraction of sp³-hybridized carbons (Fsp3) is 0.133. The Labute approximate surface area is 207 Å². The van der Waals surface area contributed by atoms with Crippen LogP contribution in [0.3, 0.4) is 0 Å². The van der Waals surface area contributed by atoms with E-state index >= 15 is 0 Å². The molecule has 0 aromatic heterocycles. The average molecular weight is 482 g/mol. The lowest BCUT2D eigenvalue weighted by Crippen LogP contribution is -2.09. The fourth-order valence-electron chi connectivity index (χ4n) is 4.81. The highest BCUT2D eigenvalue weighted by atomic mass is 32.2. The number of aryl methyl sites for hydroxylation is 2. The van der Waals surface area contributed by atoms with Crippen molar-refractivity contribution in [3.05, 3.63) is 130 Å². The molecule has 0 atom stereocenters. The van der Waals surface area contributed by atoms with Gasteiger partial charge in [0.15, 0.2) is 0 Å². The lowest BCUT2D eigenvalue weighted by atomic mass is 9.84. The first-order valence-corrected chi connectivity index (χ1v) is 13.5. The van der Waals surface area contributed by atoms with Crippen LogP contribution in [0.5, 0.6) is 5.75 Å². The monoisotopic (exact) mass is 481 g/mol. The van der Waals surface area contributed by atoms with Crippen molar-refractivity contribution in [3.63, 3.8) is 0 Å². The molecular weight excluding hydrogens is 454 g/mol. The Morgan fingerprint density at radius 3 is 1.91 bits per heavy atom. The smallest absolute Gasteiger partial charge is 0.229 e. The summed E-state index contributed by atoms with van der Waals surface area (Å²) in [5, 5.41) is 0. The number of anilines is 1. The Hall–Kier alpha value is -3.83. The maximum Gasteiger partial charge on any atom is 0.229 e. The lowest BCUT2D eigenvalue weighted by molar-refractivity contribution is 0.415. The summed E-state index contributed by atoms with van der Waals surface area (Å²) in [7, 11) is -1.74. The predicted molar refractivity (Wildman–Crippen MR) is 143 cm³/mol. The van der Waals surface area contributed by atoms with Gasteiger partial charge < -0.3 is 4.74 Å². The third-order valence-corrected chi connectivity index (χ3v) is 6.93. The van der Waals surface area contributed by atoms with Crippen molar-refractivity contribution in [1.82, 2.24) is 0 Å². The van der Waals surface area contributed by atoms with Gasteiger partial charge in [-0.05, 0) is 81.6 Å². The third kappa shape index (κ3) is 4.86. The first-order valence-electron chi connectivity index (χ1n) is 11.6. The number of sulfonamides is 1. The summed E-state index contributed by atoms with van der Waals surface area (Å²) in [5.41, 5.74) is 9.70. The van der Waals surface area contributed by atoms with Crippen LogP contribution in [0.15, 0.2) is 97.1 Å². The number of nitrogens with one attached hydrogen (secondary N) is 1. The van der Waals surface area contributed by atoms with Crippen molar-refractivity contribution in [2.75, 3.05) is 18.1 Å².